The molecule has 0 aliphatic heterocycles. The standard InChI is InChI=1S/C11H9F6N.ClH/c1-2-9(18)7-4-3-6(10(12,13)14)5-8(7)11(15,16)17;/h2-5,9H,1,18H2;1H/t9-;/m1./s1. The summed E-state index contributed by atoms with van der Waals surface area (Å²) in [5, 5.41) is 0. The Kier molecular flexibility index (Phi) is 5.46. The third-order valence-electron chi connectivity index (χ3n) is 2.30. The number of benzene rings is 1. The second-order valence-corrected chi connectivity index (χ2v) is 3.56. The minimum absolute atomic E-state index is 0. The van der Waals surface area contributed by atoms with Gasteiger partial charge < -0.3 is 5.73 Å². The van der Waals surface area contributed by atoms with Gasteiger partial charge in [0.15, 0.2) is 0 Å². The number of nitrogens with two attached hydrogens (primary N) is 1. The zero-order valence-electron chi connectivity index (χ0n) is 9.35. The Hall–Kier alpha value is -1.21. The quantitative estimate of drug-likeness (QED) is 0.638. The molecule has 0 amide bonds. The molecule has 2 N–H and O–H groups in total. The maximum Gasteiger partial charge on any atom is 0.416 e. The minimum atomic E-state index is -4.91. The lowest BCUT2D eigenvalue weighted by Gasteiger charge is -2.18. The summed E-state index contributed by atoms with van der Waals surface area (Å²) >= 11 is 0. The van der Waals surface area contributed by atoms with Gasteiger partial charge in [0.05, 0.1) is 11.1 Å². The number of alkyl halides is 6. The average Bonchev–Trinajstić information content (AvgIpc) is 2.24. The zero-order chi connectivity index (χ0) is 14.1. The molecule has 0 heterocycles. The first-order valence-electron chi connectivity index (χ1n) is 4.74. The van der Waals surface area contributed by atoms with Gasteiger partial charge in [0.25, 0.3) is 0 Å². The molecule has 1 nitrogen and oxygen atoms in total. The van der Waals surface area contributed by atoms with Gasteiger partial charge in [-0.2, -0.15) is 26.3 Å². The third kappa shape index (κ3) is 4.14. The number of hydrogen-bond acceptors (Lipinski definition) is 1. The summed E-state index contributed by atoms with van der Waals surface area (Å²) in [5.74, 6) is 0. The van der Waals surface area contributed by atoms with E-state index in [0.717, 1.165) is 12.1 Å². The van der Waals surface area contributed by atoms with Gasteiger partial charge in [-0.15, -0.1) is 19.0 Å². The summed E-state index contributed by atoms with van der Waals surface area (Å²) in [6.45, 7) is 3.22. The highest BCUT2D eigenvalue weighted by molar-refractivity contribution is 5.85. The predicted molar refractivity (Wildman–Crippen MR) is 60.8 cm³/mol. The van der Waals surface area contributed by atoms with Gasteiger partial charge >= 0.3 is 12.4 Å². The van der Waals surface area contributed by atoms with Crippen molar-refractivity contribution in [3.63, 3.8) is 0 Å². The molecule has 1 aromatic carbocycles. The normalized spacial score (nSPS) is 13.6. The van der Waals surface area contributed by atoms with Gasteiger partial charge in [0.1, 0.15) is 0 Å². The molecule has 0 radical (unpaired) electrons. The van der Waals surface area contributed by atoms with Crippen LogP contribution in [0.3, 0.4) is 0 Å². The van der Waals surface area contributed by atoms with Crippen LogP contribution in [0.2, 0.25) is 0 Å². The molecule has 0 spiro atoms. The van der Waals surface area contributed by atoms with E-state index in [4.69, 9.17) is 5.73 Å². The summed E-state index contributed by atoms with van der Waals surface area (Å²) in [6, 6.07) is 0.161. The zero-order valence-corrected chi connectivity index (χ0v) is 10.2. The SMILES string of the molecule is C=C[C@@H](N)c1ccc(C(F)(F)F)cc1C(F)(F)F.Cl. The number of hydrogen-bond donors (Lipinski definition) is 1. The average molecular weight is 306 g/mol. The molecule has 8 heteroatoms. The first kappa shape index (κ1) is 17.8. The lowest BCUT2D eigenvalue weighted by Crippen LogP contribution is -2.18. The van der Waals surface area contributed by atoms with Crippen LogP contribution in [-0.2, 0) is 12.4 Å². The Bertz CT molecular complexity index is 451. The van der Waals surface area contributed by atoms with Crippen molar-refractivity contribution in [2.75, 3.05) is 0 Å². The highest BCUT2D eigenvalue weighted by Gasteiger charge is 2.38. The van der Waals surface area contributed by atoms with Crippen molar-refractivity contribution in [1.82, 2.24) is 0 Å². The van der Waals surface area contributed by atoms with Crippen molar-refractivity contribution in [2.24, 2.45) is 5.73 Å². The molecule has 0 aliphatic carbocycles. The van der Waals surface area contributed by atoms with E-state index >= 15 is 0 Å². The molecule has 108 valence electrons. The molecular weight excluding hydrogens is 296 g/mol. The molecule has 1 aromatic rings. The van der Waals surface area contributed by atoms with Gasteiger partial charge in [-0.3, -0.25) is 0 Å². The van der Waals surface area contributed by atoms with Crippen LogP contribution in [0.4, 0.5) is 26.3 Å². The smallest absolute Gasteiger partial charge is 0.321 e. The van der Waals surface area contributed by atoms with Crippen molar-refractivity contribution in [2.45, 2.75) is 18.4 Å². The van der Waals surface area contributed by atoms with E-state index in [1.807, 2.05) is 0 Å². The van der Waals surface area contributed by atoms with E-state index in [9.17, 15) is 26.3 Å². The molecule has 0 unspecified atom stereocenters. The van der Waals surface area contributed by atoms with Gasteiger partial charge in [-0.05, 0) is 17.7 Å². The Morgan fingerprint density at radius 1 is 1.05 bits per heavy atom. The monoisotopic (exact) mass is 305 g/mol. The van der Waals surface area contributed by atoms with Crippen LogP contribution in [0.25, 0.3) is 0 Å². The van der Waals surface area contributed by atoms with Gasteiger partial charge in [-0.1, -0.05) is 12.1 Å². The summed E-state index contributed by atoms with van der Waals surface area (Å²) in [7, 11) is 0. The summed E-state index contributed by atoms with van der Waals surface area (Å²) in [6.07, 6.45) is -8.72. The number of halogens is 7. The van der Waals surface area contributed by atoms with Crippen LogP contribution in [0, 0.1) is 0 Å². The van der Waals surface area contributed by atoms with Crippen LogP contribution in [0.5, 0.6) is 0 Å². The van der Waals surface area contributed by atoms with Crippen molar-refractivity contribution in [1.29, 1.82) is 0 Å². The van der Waals surface area contributed by atoms with E-state index in [1.54, 1.807) is 0 Å². The fourth-order valence-corrected chi connectivity index (χ4v) is 1.40. The largest absolute Gasteiger partial charge is 0.416 e. The molecule has 19 heavy (non-hydrogen) atoms. The maximum atomic E-state index is 12.7. The van der Waals surface area contributed by atoms with Crippen LogP contribution in [0.15, 0.2) is 30.9 Å². The predicted octanol–water partition coefficient (Wildman–Crippen LogP) is 4.33. The van der Waals surface area contributed by atoms with Crippen LogP contribution in [0.1, 0.15) is 22.7 Å². The highest BCUT2D eigenvalue weighted by atomic mass is 35.5. The fourth-order valence-electron chi connectivity index (χ4n) is 1.40. The van der Waals surface area contributed by atoms with Crippen LogP contribution >= 0.6 is 12.4 Å². The lowest BCUT2D eigenvalue weighted by atomic mass is 9.97. The molecule has 0 aliphatic rings. The molecule has 0 bridgehead atoms. The van der Waals surface area contributed by atoms with Gasteiger partial charge in [-0.25, -0.2) is 0 Å². The molecule has 0 saturated carbocycles. The molecule has 0 aromatic heterocycles. The maximum absolute atomic E-state index is 12.7. The van der Waals surface area contributed by atoms with E-state index < -0.39 is 35.1 Å². The topological polar surface area (TPSA) is 26.0 Å². The van der Waals surface area contributed by atoms with E-state index in [1.165, 1.54) is 0 Å². The van der Waals surface area contributed by atoms with Crippen LogP contribution < -0.4 is 5.73 Å². The highest BCUT2D eigenvalue weighted by Crippen LogP contribution is 2.38. The lowest BCUT2D eigenvalue weighted by molar-refractivity contribution is -0.143. The van der Waals surface area contributed by atoms with Crippen molar-refractivity contribution >= 4 is 12.4 Å². The molecular formula is C11H10ClF6N. The third-order valence-corrected chi connectivity index (χ3v) is 2.30. The van der Waals surface area contributed by atoms with Gasteiger partial charge in [0, 0.05) is 6.04 Å². The Morgan fingerprint density at radius 2 is 1.58 bits per heavy atom. The van der Waals surface area contributed by atoms with Crippen LogP contribution in [-0.4, -0.2) is 0 Å². The summed E-state index contributed by atoms with van der Waals surface area (Å²) in [5.41, 5.74) is 2.15. The van der Waals surface area contributed by atoms with Crippen molar-refractivity contribution < 1.29 is 26.3 Å². The molecule has 1 atom stereocenters. The molecule has 0 saturated heterocycles. The molecule has 1 rings (SSSR count). The first-order chi connectivity index (χ1) is 8.07. The Morgan fingerprint density at radius 3 is 1.95 bits per heavy atom. The summed E-state index contributed by atoms with van der Waals surface area (Å²) in [4.78, 5) is 0. The second kappa shape index (κ2) is 5.83. The fraction of sp³-hybridized carbons (Fsp3) is 0.273. The van der Waals surface area contributed by atoms with E-state index in [2.05, 4.69) is 6.58 Å². The Labute approximate surface area is 111 Å². The second-order valence-electron chi connectivity index (χ2n) is 3.56. The van der Waals surface area contributed by atoms with Gasteiger partial charge in [0.2, 0.25) is 0 Å². The Balaban J connectivity index is 0.00000324. The number of rotatable bonds is 2. The molecule has 0 fully saturated rings. The van der Waals surface area contributed by atoms with E-state index in [0.29, 0.717) is 6.07 Å². The van der Waals surface area contributed by atoms with Crippen molar-refractivity contribution in [3.8, 4) is 0 Å². The van der Waals surface area contributed by atoms with Crippen molar-refractivity contribution in [3.05, 3.63) is 47.5 Å². The van der Waals surface area contributed by atoms with E-state index in [-0.39, 0.29) is 18.5 Å². The summed E-state index contributed by atoms with van der Waals surface area (Å²) < 4.78 is 75.0. The first-order valence-corrected chi connectivity index (χ1v) is 4.74. The minimum Gasteiger partial charge on any atom is -0.321 e.